The predicted molar refractivity (Wildman–Crippen MR) is 77.2 cm³/mol. The molecule has 20 heavy (non-hydrogen) atoms. The molecule has 1 aromatic carbocycles. The third kappa shape index (κ3) is 2.25. The zero-order chi connectivity index (χ0) is 14.1. The van der Waals surface area contributed by atoms with E-state index in [1.165, 1.54) is 0 Å². The molecular weight excluding hydrogens is 252 g/mol. The molecule has 1 aliphatic heterocycles. The van der Waals surface area contributed by atoms with Gasteiger partial charge in [-0.05, 0) is 31.9 Å². The minimum Gasteiger partial charge on any atom is -0.336 e. The monoisotopic (exact) mass is 270 g/mol. The van der Waals surface area contributed by atoms with E-state index in [1.807, 2.05) is 30.0 Å². The first-order chi connectivity index (χ1) is 9.66. The molecule has 0 saturated carbocycles. The Labute approximate surface area is 117 Å². The first kappa shape index (κ1) is 13.0. The maximum atomic E-state index is 12.7. The lowest BCUT2D eigenvalue weighted by atomic mass is 9.98. The lowest BCUT2D eigenvalue weighted by Crippen LogP contribution is -2.48. The molecule has 1 aliphatic rings. The van der Waals surface area contributed by atoms with Crippen LogP contribution in [-0.2, 0) is 0 Å². The van der Waals surface area contributed by atoms with Crippen LogP contribution in [0, 0.1) is 0 Å². The predicted octanol–water partition coefficient (Wildman–Crippen LogP) is 1.58. The number of carbonyl (C=O) groups excluding carboxylic acids is 1. The van der Waals surface area contributed by atoms with E-state index < -0.39 is 0 Å². The summed E-state index contributed by atoms with van der Waals surface area (Å²) in [6, 6.07) is 5.90. The first-order valence-electron chi connectivity index (χ1n) is 6.93. The van der Waals surface area contributed by atoms with Crippen molar-refractivity contribution in [1.82, 2.24) is 14.9 Å². The minimum absolute atomic E-state index is 0.0236. The summed E-state index contributed by atoms with van der Waals surface area (Å²) in [5.74, 6) is 0.0236. The van der Waals surface area contributed by atoms with Gasteiger partial charge in [0.05, 0.1) is 11.1 Å². The van der Waals surface area contributed by atoms with Crippen molar-refractivity contribution in [3.8, 4) is 0 Å². The van der Waals surface area contributed by atoms with Crippen LogP contribution in [0.15, 0.2) is 30.6 Å². The number of benzene rings is 1. The second kappa shape index (κ2) is 5.17. The number of hydrogen-bond acceptors (Lipinski definition) is 4. The fraction of sp³-hybridized carbons (Fsp3) is 0.400. The number of rotatable bonds is 1. The van der Waals surface area contributed by atoms with Crippen molar-refractivity contribution in [3.05, 3.63) is 36.2 Å². The Morgan fingerprint density at radius 3 is 2.95 bits per heavy atom. The number of nitrogens with two attached hydrogens (primary N) is 1. The van der Waals surface area contributed by atoms with E-state index >= 15 is 0 Å². The van der Waals surface area contributed by atoms with Crippen molar-refractivity contribution in [2.75, 3.05) is 6.54 Å². The maximum Gasteiger partial charge on any atom is 0.256 e. The van der Waals surface area contributed by atoms with Crippen molar-refractivity contribution in [2.24, 2.45) is 5.73 Å². The van der Waals surface area contributed by atoms with E-state index in [4.69, 9.17) is 5.73 Å². The number of hydrogen-bond donors (Lipinski definition) is 1. The van der Waals surface area contributed by atoms with Gasteiger partial charge in [0.2, 0.25) is 0 Å². The lowest BCUT2D eigenvalue weighted by molar-refractivity contribution is 0.0621. The number of likely N-dealkylation sites (tertiary alicyclic amines) is 1. The van der Waals surface area contributed by atoms with Crippen LogP contribution >= 0.6 is 0 Å². The summed E-state index contributed by atoms with van der Waals surface area (Å²) < 4.78 is 0. The average molecular weight is 270 g/mol. The highest BCUT2D eigenvalue weighted by atomic mass is 16.2. The molecule has 0 aliphatic carbocycles. The highest BCUT2D eigenvalue weighted by Gasteiger charge is 2.28. The van der Waals surface area contributed by atoms with Crippen molar-refractivity contribution in [2.45, 2.75) is 31.8 Å². The van der Waals surface area contributed by atoms with Crippen LogP contribution in [0.5, 0.6) is 0 Å². The van der Waals surface area contributed by atoms with E-state index in [2.05, 4.69) is 9.97 Å². The Balaban J connectivity index is 1.97. The van der Waals surface area contributed by atoms with Gasteiger partial charge in [0, 0.05) is 31.0 Å². The van der Waals surface area contributed by atoms with E-state index in [9.17, 15) is 4.79 Å². The normalized spacial score (nSPS) is 23.0. The van der Waals surface area contributed by atoms with Crippen molar-refractivity contribution in [1.29, 1.82) is 0 Å². The topological polar surface area (TPSA) is 72.1 Å². The number of aromatic nitrogens is 2. The van der Waals surface area contributed by atoms with Gasteiger partial charge in [-0.3, -0.25) is 14.8 Å². The molecule has 2 heterocycles. The fourth-order valence-corrected chi connectivity index (χ4v) is 2.83. The number of nitrogens with zero attached hydrogens (tertiary/aromatic N) is 3. The van der Waals surface area contributed by atoms with Gasteiger partial charge in [-0.1, -0.05) is 6.07 Å². The Bertz CT molecular complexity index is 637. The molecule has 5 nitrogen and oxygen atoms in total. The standard InChI is InChI=1S/C15H18N4O/c1-10-9-11(16)5-8-19(10)15(20)12-3-2-4-13-14(12)18-7-6-17-13/h2-4,6-7,10-11H,5,8-9,16H2,1H3. The molecule has 3 rings (SSSR count). The minimum atomic E-state index is 0.0236. The molecule has 0 radical (unpaired) electrons. The summed E-state index contributed by atoms with van der Waals surface area (Å²) in [6.45, 7) is 2.76. The summed E-state index contributed by atoms with van der Waals surface area (Å²) in [6.07, 6.45) is 4.96. The number of carbonyl (C=O) groups is 1. The third-order valence-electron chi connectivity index (χ3n) is 3.91. The zero-order valence-corrected chi connectivity index (χ0v) is 11.5. The molecule has 0 spiro atoms. The summed E-state index contributed by atoms with van der Waals surface area (Å²) in [7, 11) is 0. The molecule has 2 unspecified atom stereocenters. The molecule has 0 bridgehead atoms. The van der Waals surface area contributed by atoms with Crippen LogP contribution < -0.4 is 5.73 Å². The molecule has 104 valence electrons. The number of para-hydroxylation sites is 1. The van der Waals surface area contributed by atoms with Gasteiger partial charge in [-0.2, -0.15) is 0 Å². The van der Waals surface area contributed by atoms with Crippen LogP contribution in [0.4, 0.5) is 0 Å². The van der Waals surface area contributed by atoms with E-state index in [0.29, 0.717) is 17.6 Å². The SMILES string of the molecule is CC1CC(N)CCN1C(=O)c1cccc2nccnc12. The number of fused-ring (bicyclic) bond motifs is 1. The van der Waals surface area contributed by atoms with Gasteiger partial charge in [0.1, 0.15) is 5.52 Å². The van der Waals surface area contributed by atoms with Crippen molar-refractivity contribution in [3.63, 3.8) is 0 Å². The summed E-state index contributed by atoms with van der Waals surface area (Å²) >= 11 is 0. The Morgan fingerprint density at radius 1 is 1.35 bits per heavy atom. The molecule has 1 aromatic heterocycles. The van der Waals surface area contributed by atoms with E-state index in [-0.39, 0.29) is 18.0 Å². The second-order valence-corrected chi connectivity index (χ2v) is 5.36. The van der Waals surface area contributed by atoms with Crippen LogP contribution in [0.3, 0.4) is 0 Å². The average Bonchev–Trinajstić information content (AvgIpc) is 2.46. The zero-order valence-electron chi connectivity index (χ0n) is 11.5. The Kier molecular flexibility index (Phi) is 3.36. The molecule has 1 saturated heterocycles. The van der Waals surface area contributed by atoms with Gasteiger partial charge in [-0.25, -0.2) is 0 Å². The molecule has 2 aromatic rings. The van der Waals surface area contributed by atoms with Gasteiger partial charge in [0.25, 0.3) is 5.91 Å². The number of amides is 1. The van der Waals surface area contributed by atoms with Crippen LogP contribution in [0.25, 0.3) is 11.0 Å². The Hall–Kier alpha value is -2.01. The van der Waals surface area contributed by atoms with E-state index in [1.54, 1.807) is 12.4 Å². The molecular formula is C15H18N4O. The van der Waals surface area contributed by atoms with E-state index in [0.717, 1.165) is 18.4 Å². The van der Waals surface area contributed by atoms with Crippen LogP contribution in [0.1, 0.15) is 30.1 Å². The number of piperidine rings is 1. The third-order valence-corrected chi connectivity index (χ3v) is 3.91. The van der Waals surface area contributed by atoms with Crippen molar-refractivity contribution < 1.29 is 4.79 Å². The lowest BCUT2D eigenvalue weighted by Gasteiger charge is -2.36. The van der Waals surface area contributed by atoms with Gasteiger partial charge >= 0.3 is 0 Å². The highest BCUT2D eigenvalue weighted by molar-refractivity contribution is 6.04. The largest absolute Gasteiger partial charge is 0.336 e. The second-order valence-electron chi connectivity index (χ2n) is 5.36. The quantitative estimate of drug-likeness (QED) is 0.854. The molecule has 1 fully saturated rings. The van der Waals surface area contributed by atoms with Crippen molar-refractivity contribution >= 4 is 16.9 Å². The van der Waals surface area contributed by atoms with Crippen LogP contribution in [0.2, 0.25) is 0 Å². The van der Waals surface area contributed by atoms with Gasteiger partial charge in [-0.15, -0.1) is 0 Å². The summed E-state index contributed by atoms with van der Waals surface area (Å²) in [5, 5.41) is 0. The fourth-order valence-electron chi connectivity index (χ4n) is 2.83. The maximum absolute atomic E-state index is 12.7. The molecule has 1 amide bonds. The molecule has 2 N–H and O–H groups in total. The van der Waals surface area contributed by atoms with Gasteiger partial charge in [0.15, 0.2) is 0 Å². The summed E-state index contributed by atoms with van der Waals surface area (Å²) in [4.78, 5) is 23.2. The van der Waals surface area contributed by atoms with Crippen LogP contribution in [-0.4, -0.2) is 39.4 Å². The molecule has 2 atom stereocenters. The summed E-state index contributed by atoms with van der Waals surface area (Å²) in [5.41, 5.74) is 8.00. The first-order valence-corrected chi connectivity index (χ1v) is 6.93. The van der Waals surface area contributed by atoms with Gasteiger partial charge < -0.3 is 10.6 Å². The smallest absolute Gasteiger partial charge is 0.256 e. The highest BCUT2D eigenvalue weighted by Crippen LogP contribution is 2.21. The molecule has 5 heteroatoms. The Morgan fingerprint density at radius 2 is 2.15 bits per heavy atom.